The summed E-state index contributed by atoms with van der Waals surface area (Å²) in [6, 6.07) is 7.82. The van der Waals surface area contributed by atoms with Crippen molar-refractivity contribution in [1.82, 2.24) is 20.2 Å². The highest BCUT2D eigenvalue weighted by atomic mass is 16.2. The van der Waals surface area contributed by atoms with Crippen molar-refractivity contribution >= 4 is 22.8 Å². The van der Waals surface area contributed by atoms with Gasteiger partial charge in [-0.05, 0) is 37.8 Å². The zero-order valence-electron chi connectivity index (χ0n) is 18.8. The molecular weight excluding hydrogens is 404 g/mol. The van der Waals surface area contributed by atoms with Crippen molar-refractivity contribution in [3.8, 4) is 0 Å². The molecule has 0 aliphatic heterocycles. The van der Waals surface area contributed by atoms with Gasteiger partial charge in [0.1, 0.15) is 12.2 Å². The Morgan fingerprint density at radius 3 is 2.12 bits per heavy atom. The van der Waals surface area contributed by atoms with Crippen LogP contribution >= 0.6 is 0 Å². The van der Waals surface area contributed by atoms with Gasteiger partial charge in [-0.3, -0.25) is 19.0 Å². The molecule has 0 bridgehead atoms. The van der Waals surface area contributed by atoms with Crippen LogP contribution in [-0.4, -0.2) is 33.4 Å². The van der Waals surface area contributed by atoms with Crippen LogP contribution in [0.15, 0.2) is 29.1 Å². The fourth-order valence-electron chi connectivity index (χ4n) is 5.01. The summed E-state index contributed by atoms with van der Waals surface area (Å²) in [4.78, 5) is 42.9. The van der Waals surface area contributed by atoms with E-state index in [0.29, 0.717) is 16.7 Å². The first kappa shape index (κ1) is 22.5. The molecule has 1 aromatic carbocycles. The smallest absolute Gasteiger partial charge is 0.273 e. The number of nitrogens with zero attached hydrogens (tertiary/aromatic N) is 2. The number of carbonyl (C=O) groups excluding carboxylic acids is 2. The number of para-hydroxylation sites is 2. The third kappa shape index (κ3) is 5.75. The number of nitrogens with one attached hydrogen (secondary N) is 2. The van der Waals surface area contributed by atoms with Crippen molar-refractivity contribution in [2.45, 2.75) is 95.7 Å². The lowest BCUT2D eigenvalue weighted by molar-refractivity contribution is -0.123. The molecule has 0 saturated heterocycles. The maximum absolute atomic E-state index is 13.2. The van der Waals surface area contributed by atoms with Crippen molar-refractivity contribution in [2.75, 3.05) is 0 Å². The number of carbonyl (C=O) groups is 2. The Bertz CT molecular complexity index is 1000. The molecule has 1 aromatic heterocycles. The highest BCUT2D eigenvalue weighted by Crippen LogP contribution is 2.18. The van der Waals surface area contributed by atoms with Crippen LogP contribution in [0.2, 0.25) is 0 Å². The maximum atomic E-state index is 13.2. The largest absolute Gasteiger partial charge is 0.353 e. The van der Waals surface area contributed by atoms with E-state index in [9.17, 15) is 14.4 Å². The molecule has 2 aliphatic rings. The Morgan fingerprint density at radius 1 is 0.875 bits per heavy atom. The maximum Gasteiger partial charge on any atom is 0.273 e. The number of amides is 2. The van der Waals surface area contributed by atoms with E-state index in [0.717, 1.165) is 51.4 Å². The number of fused-ring (bicyclic) bond motifs is 1. The lowest BCUT2D eigenvalue weighted by Gasteiger charge is -2.23. The molecule has 1 heterocycles. The Balaban J connectivity index is 1.46. The first-order valence-corrected chi connectivity index (χ1v) is 12.2. The van der Waals surface area contributed by atoms with Crippen LogP contribution in [0.3, 0.4) is 0 Å². The van der Waals surface area contributed by atoms with Gasteiger partial charge in [-0.2, -0.15) is 0 Å². The van der Waals surface area contributed by atoms with Gasteiger partial charge in [-0.1, -0.05) is 50.7 Å². The van der Waals surface area contributed by atoms with E-state index in [1.807, 2.05) is 24.3 Å². The summed E-state index contributed by atoms with van der Waals surface area (Å²) in [7, 11) is 0. The summed E-state index contributed by atoms with van der Waals surface area (Å²) >= 11 is 0. The van der Waals surface area contributed by atoms with Crippen LogP contribution in [-0.2, 0) is 22.6 Å². The number of hydrogen-bond acceptors (Lipinski definition) is 4. The number of benzene rings is 1. The third-order valence-electron chi connectivity index (χ3n) is 6.75. The van der Waals surface area contributed by atoms with E-state index in [1.165, 1.54) is 17.4 Å². The Morgan fingerprint density at radius 2 is 1.47 bits per heavy atom. The quantitative estimate of drug-likeness (QED) is 0.694. The van der Waals surface area contributed by atoms with E-state index in [4.69, 9.17) is 0 Å². The fraction of sp³-hybridized carbons (Fsp3) is 0.600. The zero-order chi connectivity index (χ0) is 22.3. The SMILES string of the molecule is O=C(CCc1nc2ccccc2n(CC(=O)NC2CCCCC2)c1=O)NC1CCCCC1. The Hall–Kier alpha value is -2.70. The van der Waals surface area contributed by atoms with Crippen LogP contribution in [0.1, 0.15) is 76.3 Å². The first-order chi connectivity index (χ1) is 15.6. The Kier molecular flexibility index (Phi) is 7.55. The second-order valence-electron chi connectivity index (χ2n) is 9.24. The minimum atomic E-state index is -0.284. The number of aryl methyl sites for hydroxylation is 1. The fourth-order valence-corrected chi connectivity index (χ4v) is 5.01. The molecule has 0 radical (unpaired) electrons. The predicted octanol–water partition coefficient (Wildman–Crippen LogP) is 3.23. The van der Waals surface area contributed by atoms with Gasteiger partial charge in [0.05, 0.1) is 11.0 Å². The molecule has 7 nitrogen and oxygen atoms in total. The van der Waals surface area contributed by atoms with E-state index >= 15 is 0 Å². The normalized spacial score (nSPS) is 17.9. The zero-order valence-corrected chi connectivity index (χ0v) is 18.8. The molecule has 2 amide bonds. The van der Waals surface area contributed by atoms with Crippen LogP contribution in [0.4, 0.5) is 0 Å². The Labute approximate surface area is 189 Å². The molecule has 2 fully saturated rings. The lowest BCUT2D eigenvalue weighted by atomic mass is 9.95. The minimum Gasteiger partial charge on any atom is -0.353 e. The molecule has 0 atom stereocenters. The van der Waals surface area contributed by atoms with Gasteiger partial charge in [0.2, 0.25) is 11.8 Å². The molecule has 2 aliphatic carbocycles. The van der Waals surface area contributed by atoms with Crippen molar-refractivity contribution in [3.63, 3.8) is 0 Å². The topological polar surface area (TPSA) is 93.1 Å². The monoisotopic (exact) mass is 438 g/mol. The molecular formula is C25H34N4O3. The van der Waals surface area contributed by atoms with Crippen LogP contribution in [0.25, 0.3) is 11.0 Å². The average Bonchev–Trinajstić information content (AvgIpc) is 2.81. The van der Waals surface area contributed by atoms with Gasteiger partial charge < -0.3 is 10.6 Å². The van der Waals surface area contributed by atoms with Crippen LogP contribution < -0.4 is 16.2 Å². The predicted molar refractivity (Wildman–Crippen MR) is 124 cm³/mol. The second kappa shape index (κ2) is 10.7. The standard InChI is InChI=1S/C25H34N4O3/c30-23(26-18-9-3-1-4-10-18)16-15-21-25(32)29(22-14-8-7-13-20(22)28-21)17-24(31)27-19-11-5-2-6-12-19/h7-8,13-14,18-19H,1-6,9-12,15-17H2,(H,26,30)(H,27,31). The summed E-state index contributed by atoms with van der Waals surface area (Å²) in [5.41, 5.74) is 1.37. The summed E-state index contributed by atoms with van der Waals surface area (Å²) in [5, 5.41) is 6.19. The van der Waals surface area contributed by atoms with Crippen molar-refractivity contribution in [2.24, 2.45) is 0 Å². The van der Waals surface area contributed by atoms with E-state index in [-0.39, 0.29) is 48.8 Å². The minimum absolute atomic E-state index is 0.0281. The molecule has 172 valence electrons. The summed E-state index contributed by atoms with van der Waals surface area (Å²) < 4.78 is 1.51. The van der Waals surface area contributed by atoms with E-state index < -0.39 is 0 Å². The van der Waals surface area contributed by atoms with E-state index in [2.05, 4.69) is 15.6 Å². The summed E-state index contributed by atoms with van der Waals surface area (Å²) in [6.45, 7) is -0.0281. The van der Waals surface area contributed by atoms with Crippen LogP contribution in [0, 0.1) is 0 Å². The first-order valence-electron chi connectivity index (χ1n) is 12.2. The summed E-state index contributed by atoms with van der Waals surface area (Å²) in [5.74, 6) is -0.177. The van der Waals surface area contributed by atoms with Crippen molar-refractivity contribution < 1.29 is 9.59 Å². The van der Waals surface area contributed by atoms with Gasteiger partial charge in [-0.25, -0.2) is 4.98 Å². The van der Waals surface area contributed by atoms with Gasteiger partial charge in [0, 0.05) is 24.9 Å². The molecule has 2 aromatic rings. The number of hydrogen-bond donors (Lipinski definition) is 2. The van der Waals surface area contributed by atoms with Gasteiger partial charge in [-0.15, -0.1) is 0 Å². The summed E-state index contributed by atoms with van der Waals surface area (Å²) in [6.07, 6.45) is 11.6. The molecule has 0 unspecified atom stereocenters. The van der Waals surface area contributed by atoms with Crippen LogP contribution in [0.5, 0.6) is 0 Å². The van der Waals surface area contributed by atoms with Gasteiger partial charge >= 0.3 is 0 Å². The molecule has 2 saturated carbocycles. The number of aromatic nitrogens is 2. The third-order valence-corrected chi connectivity index (χ3v) is 6.75. The van der Waals surface area contributed by atoms with E-state index in [1.54, 1.807) is 0 Å². The second-order valence-corrected chi connectivity index (χ2v) is 9.24. The van der Waals surface area contributed by atoms with Gasteiger partial charge in [0.25, 0.3) is 5.56 Å². The van der Waals surface area contributed by atoms with Crippen molar-refractivity contribution in [3.05, 3.63) is 40.3 Å². The highest BCUT2D eigenvalue weighted by molar-refractivity contribution is 5.80. The lowest BCUT2D eigenvalue weighted by Crippen LogP contribution is -2.40. The molecule has 0 spiro atoms. The van der Waals surface area contributed by atoms with Crippen molar-refractivity contribution in [1.29, 1.82) is 0 Å². The molecule has 7 heteroatoms. The highest BCUT2D eigenvalue weighted by Gasteiger charge is 2.20. The molecule has 4 rings (SSSR count). The number of rotatable bonds is 7. The molecule has 2 N–H and O–H groups in total. The average molecular weight is 439 g/mol. The van der Waals surface area contributed by atoms with Gasteiger partial charge in [0.15, 0.2) is 0 Å². The molecule has 32 heavy (non-hydrogen) atoms.